The smallest absolute Gasteiger partial charge is 0.109 e. The fraction of sp³-hybridized carbons (Fsp3) is 0.400. The molecule has 0 aliphatic carbocycles. The Kier molecular flexibility index (Phi) is 5.51. The number of nitrogens with zero attached hydrogens (tertiary/aromatic N) is 1. The average Bonchev–Trinajstić information content (AvgIpc) is 2.96. The van der Waals surface area contributed by atoms with Gasteiger partial charge in [-0.1, -0.05) is 31.2 Å². The highest BCUT2D eigenvalue weighted by Gasteiger charge is 2.11. The summed E-state index contributed by atoms with van der Waals surface area (Å²) in [5.74, 6) is 0. The minimum Gasteiger partial charge on any atom is -0.330 e. The third kappa shape index (κ3) is 3.86. The summed E-state index contributed by atoms with van der Waals surface area (Å²) in [6.07, 6.45) is 3.85. The van der Waals surface area contributed by atoms with Crippen LogP contribution in [0.3, 0.4) is 0 Å². The number of nitrogens with two attached hydrogens (primary N) is 1. The van der Waals surface area contributed by atoms with Crippen molar-refractivity contribution in [2.24, 2.45) is 5.73 Å². The van der Waals surface area contributed by atoms with Gasteiger partial charge in [0.15, 0.2) is 0 Å². The van der Waals surface area contributed by atoms with Gasteiger partial charge in [0, 0.05) is 18.1 Å². The summed E-state index contributed by atoms with van der Waals surface area (Å²) >= 11 is 1.71. The second-order valence-corrected chi connectivity index (χ2v) is 5.45. The summed E-state index contributed by atoms with van der Waals surface area (Å²) in [5.41, 5.74) is 8.34. The second-order valence-electron chi connectivity index (χ2n) is 4.52. The Morgan fingerprint density at radius 3 is 2.74 bits per heavy atom. The molecule has 1 aromatic carbocycles. The lowest BCUT2D eigenvalue weighted by atomic mass is 10.0. The fourth-order valence-corrected chi connectivity index (χ4v) is 2.97. The van der Waals surface area contributed by atoms with Gasteiger partial charge in [0.25, 0.3) is 0 Å². The first kappa shape index (κ1) is 14.2. The lowest BCUT2D eigenvalue weighted by Gasteiger charge is -2.16. The van der Waals surface area contributed by atoms with Gasteiger partial charge in [-0.3, -0.25) is 0 Å². The molecule has 2 aromatic rings. The molecule has 1 aromatic heterocycles. The Balaban J connectivity index is 2.01. The van der Waals surface area contributed by atoms with Gasteiger partial charge in [-0.05, 0) is 30.5 Å². The van der Waals surface area contributed by atoms with Gasteiger partial charge < -0.3 is 11.1 Å². The predicted molar refractivity (Wildman–Crippen MR) is 81.2 cm³/mol. The standard InChI is InChI=1S/C15H21N3S/c1-2-14(15-17-9-10-19-15)18-11-13-6-4-3-5-12(13)7-8-16/h3-6,9-10,14,18H,2,7-8,11,16H2,1H3. The monoisotopic (exact) mass is 275 g/mol. The third-order valence-corrected chi connectivity index (χ3v) is 4.12. The van der Waals surface area contributed by atoms with E-state index in [1.165, 1.54) is 16.1 Å². The van der Waals surface area contributed by atoms with E-state index < -0.39 is 0 Å². The van der Waals surface area contributed by atoms with E-state index in [2.05, 4.69) is 41.5 Å². The number of hydrogen-bond acceptors (Lipinski definition) is 4. The number of hydrogen-bond donors (Lipinski definition) is 2. The van der Waals surface area contributed by atoms with Crippen molar-refractivity contribution in [2.75, 3.05) is 6.54 Å². The van der Waals surface area contributed by atoms with Crippen LogP contribution in [-0.2, 0) is 13.0 Å². The largest absolute Gasteiger partial charge is 0.330 e. The Labute approximate surface area is 118 Å². The number of benzene rings is 1. The molecule has 0 fully saturated rings. The Morgan fingerprint density at radius 1 is 1.32 bits per heavy atom. The van der Waals surface area contributed by atoms with Crippen molar-refractivity contribution in [2.45, 2.75) is 32.4 Å². The zero-order valence-electron chi connectivity index (χ0n) is 11.3. The lowest BCUT2D eigenvalue weighted by molar-refractivity contribution is 0.515. The van der Waals surface area contributed by atoms with Crippen molar-refractivity contribution in [1.29, 1.82) is 0 Å². The fourth-order valence-electron chi connectivity index (χ4n) is 2.18. The van der Waals surface area contributed by atoms with Crippen LogP contribution in [0.1, 0.15) is 35.5 Å². The summed E-state index contributed by atoms with van der Waals surface area (Å²) in [6.45, 7) is 3.75. The minimum atomic E-state index is 0.339. The molecule has 2 rings (SSSR count). The van der Waals surface area contributed by atoms with Gasteiger partial charge >= 0.3 is 0 Å². The number of aromatic nitrogens is 1. The van der Waals surface area contributed by atoms with Crippen molar-refractivity contribution < 1.29 is 0 Å². The molecule has 1 atom stereocenters. The zero-order chi connectivity index (χ0) is 13.5. The molecule has 3 nitrogen and oxygen atoms in total. The van der Waals surface area contributed by atoms with Crippen LogP contribution in [0.4, 0.5) is 0 Å². The van der Waals surface area contributed by atoms with E-state index in [1.807, 2.05) is 11.6 Å². The molecule has 4 heteroatoms. The Hall–Kier alpha value is -1.23. The number of thiazole rings is 1. The molecular formula is C15H21N3S. The molecule has 0 spiro atoms. The first-order valence-corrected chi connectivity index (χ1v) is 7.62. The molecule has 0 aliphatic heterocycles. The van der Waals surface area contributed by atoms with Gasteiger partial charge in [-0.15, -0.1) is 11.3 Å². The quantitative estimate of drug-likeness (QED) is 0.817. The summed E-state index contributed by atoms with van der Waals surface area (Å²) < 4.78 is 0. The normalized spacial score (nSPS) is 12.5. The number of nitrogens with one attached hydrogen (secondary N) is 1. The Morgan fingerprint density at radius 2 is 2.11 bits per heavy atom. The maximum atomic E-state index is 5.66. The molecule has 0 saturated heterocycles. The Bertz CT molecular complexity index is 482. The molecular weight excluding hydrogens is 254 g/mol. The van der Waals surface area contributed by atoms with Crippen LogP contribution in [-0.4, -0.2) is 11.5 Å². The van der Waals surface area contributed by atoms with Crippen LogP contribution < -0.4 is 11.1 Å². The molecule has 0 radical (unpaired) electrons. The van der Waals surface area contributed by atoms with Crippen molar-refractivity contribution in [3.63, 3.8) is 0 Å². The van der Waals surface area contributed by atoms with E-state index in [-0.39, 0.29) is 0 Å². The first-order chi connectivity index (χ1) is 9.35. The third-order valence-electron chi connectivity index (χ3n) is 3.23. The van der Waals surface area contributed by atoms with Crippen LogP contribution in [0.15, 0.2) is 35.8 Å². The molecule has 3 N–H and O–H groups in total. The lowest BCUT2D eigenvalue weighted by Crippen LogP contribution is -2.21. The molecule has 1 unspecified atom stereocenters. The van der Waals surface area contributed by atoms with Gasteiger partial charge in [0.05, 0.1) is 6.04 Å². The highest BCUT2D eigenvalue weighted by atomic mass is 32.1. The van der Waals surface area contributed by atoms with Crippen LogP contribution >= 0.6 is 11.3 Å². The van der Waals surface area contributed by atoms with Crippen molar-refractivity contribution in [1.82, 2.24) is 10.3 Å². The maximum Gasteiger partial charge on any atom is 0.109 e. The molecule has 0 aliphatic rings. The molecule has 1 heterocycles. The summed E-state index contributed by atoms with van der Waals surface area (Å²) in [5, 5.41) is 6.79. The van der Waals surface area contributed by atoms with Crippen molar-refractivity contribution >= 4 is 11.3 Å². The molecule has 0 saturated carbocycles. The maximum absolute atomic E-state index is 5.66. The van der Waals surface area contributed by atoms with Crippen molar-refractivity contribution in [3.8, 4) is 0 Å². The molecule has 19 heavy (non-hydrogen) atoms. The van der Waals surface area contributed by atoms with Crippen LogP contribution in [0.25, 0.3) is 0 Å². The van der Waals surface area contributed by atoms with E-state index >= 15 is 0 Å². The van der Waals surface area contributed by atoms with Crippen LogP contribution in [0.5, 0.6) is 0 Å². The topological polar surface area (TPSA) is 50.9 Å². The highest BCUT2D eigenvalue weighted by molar-refractivity contribution is 7.09. The summed E-state index contributed by atoms with van der Waals surface area (Å²) in [7, 11) is 0. The van der Waals surface area contributed by atoms with Gasteiger partial charge in [-0.25, -0.2) is 4.98 Å². The highest BCUT2D eigenvalue weighted by Crippen LogP contribution is 2.20. The van der Waals surface area contributed by atoms with E-state index in [1.54, 1.807) is 11.3 Å². The summed E-state index contributed by atoms with van der Waals surface area (Å²) in [6, 6.07) is 8.83. The predicted octanol–water partition coefficient (Wildman–Crippen LogP) is 2.89. The minimum absolute atomic E-state index is 0.339. The van der Waals surface area contributed by atoms with Gasteiger partial charge in [0.2, 0.25) is 0 Å². The average molecular weight is 275 g/mol. The molecule has 0 amide bonds. The van der Waals surface area contributed by atoms with E-state index in [9.17, 15) is 0 Å². The number of rotatable bonds is 7. The second kappa shape index (κ2) is 7.38. The summed E-state index contributed by atoms with van der Waals surface area (Å²) in [4.78, 5) is 4.39. The van der Waals surface area contributed by atoms with Crippen LogP contribution in [0.2, 0.25) is 0 Å². The van der Waals surface area contributed by atoms with E-state index in [4.69, 9.17) is 5.73 Å². The van der Waals surface area contributed by atoms with Gasteiger partial charge in [0.1, 0.15) is 5.01 Å². The van der Waals surface area contributed by atoms with Gasteiger partial charge in [-0.2, -0.15) is 0 Å². The van der Waals surface area contributed by atoms with Crippen LogP contribution in [0, 0.1) is 0 Å². The zero-order valence-corrected chi connectivity index (χ0v) is 12.1. The molecule has 0 bridgehead atoms. The van der Waals surface area contributed by atoms with E-state index in [0.717, 1.165) is 19.4 Å². The van der Waals surface area contributed by atoms with Crippen molar-refractivity contribution in [3.05, 3.63) is 52.0 Å². The SMILES string of the molecule is CCC(NCc1ccccc1CCN)c1nccs1. The van der Waals surface area contributed by atoms with E-state index in [0.29, 0.717) is 12.6 Å². The first-order valence-electron chi connectivity index (χ1n) is 6.74. The molecule has 102 valence electrons.